The van der Waals surface area contributed by atoms with Crippen molar-refractivity contribution in [2.45, 2.75) is 61.8 Å². The van der Waals surface area contributed by atoms with Gasteiger partial charge in [-0.1, -0.05) is 42.5 Å². The van der Waals surface area contributed by atoms with E-state index in [1.54, 1.807) is 17.0 Å². The molecule has 2 aromatic carbocycles. The summed E-state index contributed by atoms with van der Waals surface area (Å²) in [5.74, 6) is 0.134. The standard InChI is InChI=1S/C31H34N2O5/c1-4-17-33-18-16-30-27-22-11-12-24(35)28(27)37-29(30)23(14-15-31(30,25(33)19-22)38-20(2)34)32(3)26(36)13-10-21-8-6-5-7-9-21/h4-13,23,25,29,35H,1,14-19H2,2-3H3/t23-,25-,29+,30+,31-/m1/s1. The molecule has 7 nitrogen and oxygen atoms in total. The summed E-state index contributed by atoms with van der Waals surface area (Å²) >= 11 is 0. The fourth-order valence-electron chi connectivity index (χ4n) is 7.83. The molecule has 198 valence electrons. The molecule has 0 unspecified atom stereocenters. The summed E-state index contributed by atoms with van der Waals surface area (Å²) in [4.78, 5) is 30.2. The minimum absolute atomic E-state index is 0.0489. The third-order valence-electron chi connectivity index (χ3n) is 9.25. The lowest BCUT2D eigenvalue weighted by Crippen LogP contribution is -2.79. The van der Waals surface area contributed by atoms with Gasteiger partial charge in [0.2, 0.25) is 5.91 Å². The first-order chi connectivity index (χ1) is 18.3. The molecule has 6 rings (SSSR count). The number of hydrogen-bond donors (Lipinski definition) is 1. The van der Waals surface area contributed by atoms with Crippen LogP contribution in [0.25, 0.3) is 6.08 Å². The number of phenolic OH excluding ortho intramolecular Hbond substituents is 1. The second-order valence-corrected chi connectivity index (χ2v) is 11.0. The number of amides is 1. The molecule has 5 atom stereocenters. The van der Waals surface area contributed by atoms with Gasteiger partial charge in [-0.3, -0.25) is 14.5 Å². The van der Waals surface area contributed by atoms with E-state index in [1.807, 2.05) is 55.6 Å². The lowest BCUT2D eigenvalue weighted by atomic mass is 9.48. The molecule has 2 aromatic rings. The van der Waals surface area contributed by atoms with E-state index in [-0.39, 0.29) is 29.7 Å². The van der Waals surface area contributed by atoms with E-state index < -0.39 is 17.1 Å². The Balaban J connectivity index is 1.45. The van der Waals surface area contributed by atoms with Crippen LogP contribution in [0.5, 0.6) is 11.5 Å². The van der Waals surface area contributed by atoms with Crippen LogP contribution in [0.15, 0.2) is 61.2 Å². The van der Waals surface area contributed by atoms with Crippen molar-refractivity contribution in [2.24, 2.45) is 0 Å². The molecule has 2 aliphatic heterocycles. The van der Waals surface area contributed by atoms with Gasteiger partial charge in [0.15, 0.2) is 11.5 Å². The maximum atomic E-state index is 13.4. The summed E-state index contributed by atoms with van der Waals surface area (Å²) in [5.41, 5.74) is 1.54. The summed E-state index contributed by atoms with van der Waals surface area (Å²) in [5, 5.41) is 10.9. The highest BCUT2D eigenvalue weighted by molar-refractivity contribution is 5.92. The number of ether oxygens (including phenoxy) is 2. The van der Waals surface area contributed by atoms with Crippen LogP contribution >= 0.6 is 0 Å². The highest BCUT2D eigenvalue weighted by Crippen LogP contribution is 2.67. The fraction of sp³-hybridized carbons (Fsp3) is 0.419. The van der Waals surface area contributed by atoms with Crippen LogP contribution in [0, 0.1) is 0 Å². The Morgan fingerprint density at radius 3 is 2.76 bits per heavy atom. The van der Waals surface area contributed by atoms with E-state index >= 15 is 0 Å². The number of esters is 1. The monoisotopic (exact) mass is 514 g/mol. The van der Waals surface area contributed by atoms with Gasteiger partial charge < -0.3 is 19.5 Å². The van der Waals surface area contributed by atoms with Crippen molar-refractivity contribution >= 4 is 18.0 Å². The first-order valence-corrected chi connectivity index (χ1v) is 13.4. The third kappa shape index (κ3) is 3.37. The van der Waals surface area contributed by atoms with Gasteiger partial charge in [0.1, 0.15) is 11.7 Å². The number of carbonyl (C=O) groups excluding carboxylic acids is 2. The molecular weight excluding hydrogens is 480 g/mol. The number of carbonyl (C=O) groups is 2. The summed E-state index contributed by atoms with van der Waals surface area (Å²) in [7, 11) is 1.82. The van der Waals surface area contributed by atoms with E-state index in [2.05, 4.69) is 11.5 Å². The van der Waals surface area contributed by atoms with Gasteiger partial charge in [-0.2, -0.15) is 0 Å². The molecule has 4 aliphatic rings. The Hall–Kier alpha value is -3.58. The van der Waals surface area contributed by atoms with Gasteiger partial charge in [-0.25, -0.2) is 0 Å². The quantitative estimate of drug-likeness (QED) is 0.359. The predicted octanol–water partition coefficient (Wildman–Crippen LogP) is 3.84. The molecule has 2 aliphatic carbocycles. The minimum Gasteiger partial charge on any atom is -0.504 e. The number of piperidine rings is 1. The van der Waals surface area contributed by atoms with Crippen LogP contribution in [-0.2, 0) is 26.2 Å². The SMILES string of the molecule is C=CCN1CC[C@]23c4c5ccc(O)c4O[C@H]2[C@H](N(C)C(=O)C=Cc2ccccc2)CC[C@@]3(OC(C)=O)[C@H]1C5. The lowest BCUT2D eigenvalue weighted by molar-refractivity contribution is -0.222. The molecule has 1 spiro atoms. The van der Waals surface area contributed by atoms with Crippen LogP contribution in [0.1, 0.15) is 42.9 Å². The number of benzene rings is 2. The van der Waals surface area contributed by atoms with Crippen molar-refractivity contribution in [3.63, 3.8) is 0 Å². The Bertz CT molecular complexity index is 1320. The lowest BCUT2D eigenvalue weighted by Gasteiger charge is -2.65. The molecule has 2 bridgehead atoms. The van der Waals surface area contributed by atoms with Crippen LogP contribution in [-0.4, -0.2) is 70.7 Å². The minimum atomic E-state index is -0.822. The first-order valence-electron chi connectivity index (χ1n) is 13.4. The smallest absolute Gasteiger partial charge is 0.303 e. The maximum absolute atomic E-state index is 13.4. The van der Waals surface area contributed by atoms with E-state index in [0.29, 0.717) is 38.0 Å². The van der Waals surface area contributed by atoms with Gasteiger partial charge in [0.25, 0.3) is 0 Å². The van der Waals surface area contributed by atoms with Crippen LogP contribution in [0.3, 0.4) is 0 Å². The summed E-state index contributed by atoms with van der Waals surface area (Å²) in [6.45, 7) is 6.92. The first kappa shape index (κ1) is 24.7. The van der Waals surface area contributed by atoms with Crippen LogP contribution in [0.4, 0.5) is 0 Å². The molecule has 1 saturated carbocycles. The zero-order valence-electron chi connectivity index (χ0n) is 21.9. The molecule has 2 fully saturated rings. The van der Waals surface area contributed by atoms with Crippen molar-refractivity contribution in [2.75, 3.05) is 20.1 Å². The Labute approximate surface area is 223 Å². The van der Waals surface area contributed by atoms with Crippen molar-refractivity contribution in [1.29, 1.82) is 0 Å². The van der Waals surface area contributed by atoms with Gasteiger partial charge >= 0.3 is 5.97 Å². The largest absolute Gasteiger partial charge is 0.504 e. The number of phenols is 1. The molecule has 1 N–H and O–H groups in total. The van der Waals surface area contributed by atoms with Crippen molar-refractivity contribution in [3.05, 3.63) is 77.9 Å². The Morgan fingerprint density at radius 1 is 1.24 bits per heavy atom. The number of likely N-dealkylation sites (N-methyl/N-ethyl adjacent to an activating group) is 1. The number of nitrogens with zero attached hydrogens (tertiary/aromatic N) is 2. The van der Waals surface area contributed by atoms with E-state index in [4.69, 9.17) is 9.47 Å². The van der Waals surface area contributed by atoms with Gasteiger partial charge in [-0.15, -0.1) is 6.58 Å². The third-order valence-corrected chi connectivity index (χ3v) is 9.25. The molecule has 38 heavy (non-hydrogen) atoms. The zero-order valence-corrected chi connectivity index (χ0v) is 21.9. The van der Waals surface area contributed by atoms with E-state index in [0.717, 1.165) is 23.2 Å². The van der Waals surface area contributed by atoms with Gasteiger partial charge in [0, 0.05) is 38.7 Å². The average Bonchev–Trinajstić information content (AvgIpc) is 3.26. The topological polar surface area (TPSA) is 79.3 Å². The average molecular weight is 515 g/mol. The van der Waals surface area contributed by atoms with Gasteiger partial charge in [0.05, 0.1) is 17.5 Å². The number of rotatable bonds is 6. The predicted molar refractivity (Wildman–Crippen MR) is 144 cm³/mol. The molecule has 2 heterocycles. The second-order valence-electron chi connectivity index (χ2n) is 11.0. The fourth-order valence-corrected chi connectivity index (χ4v) is 7.83. The zero-order chi connectivity index (χ0) is 26.7. The highest BCUT2D eigenvalue weighted by atomic mass is 16.6. The van der Waals surface area contributed by atoms with Crippen molar-refractivity contribution < 1.29 is 24.2 Å². The molecule has 0 radical (unpaired) electrons. The second kappa shape index (κ2) is 9.02. The number of aromatic hydroxyl groups is 1. The van der Waals surface area contributed by atoms with Crippen LogP contribution < -0.4 is 4.74 Å². The highest BCUT2D eigenvalue weighted by Gasteiger charge is 2.75. The Kier molecular flexibility index (Phi) is 5.87. The molecule has 1 amide bonds. The van der Waals surface area contributed by atoms with E-state index in [9.17, 15) is 14.7 Å². The number of hydrogen-bond acceptors (Lipinski definition) is 6. The molecule has 1 saturated heterocycles. The summed E-state index contributed by atoms with van der Waals surface area (Å²) < 4.78 is 13.1. The summed E-state index contributed by atoms with van der Waals surface area (Å²) in [6, 6.07) is 13.1. The molecule has 0 aromatic heterocycles. The van der Waals surface area contributed by atoms with Crippen molar-refractivity contribution in [3.8, 4) is 11.5 Å². The molecule has 7 heteroatoms. The molecular formula is C31H34N2O5. The van der Waals surface area contributed by atoms with Crippen molar-refractivity contribution in [1.82, 2.24) is 9.80 Å². The number of likely N-dealkylation sites (tertiary alicyclic amines) is 1. The summed E-state index contributed by atoms with van der Waals surface area (Å²) in [6.07, 6.45) is 7.47. The van der Waals surface area contributed by atoms with E-state index in [1.165, 1.54) is 6.92 Å². The van der Waals surface area contributed by atoms with Gasteiger partial charge in [-0.05, 0) is 49.0 Å². The Morgan fingerprint density at radius 2 is 2.03 bits per heavy atom. The normalized spacial score (nSPS) is 30.8. The maximum Gasteiger partial charge on any atom is 0.303 e. The van der Waals surface area contributed by atoms with Crippen LogP contribution in [0.2, 0.25) is 0 Å².